The molecule has 0 aliphatic rings. The Hall–Kier alpha value is -2.34. The molecule has 6 heteroatoms. The van der Waals surface area contributed by atoms with Crippen LogP contribution in [0.1, 0.15) is 37.7 Å². The molecule has 124 valence electrons. The van der Waals surface area contributed by atoms with Gasteiger partial charge in [-0.25, -0.2) is 10.3 Å². The maximum atomic E-state index is 11.6. The fourth-order valence-corrected chi connectivity index (χ4v) is 2.35. The van der Waals surface area contributed by atoms with E-state index in [2.05, 4.69) is 0 Å². The Morgan fingerprint density at radius 3 is 2.78 bits per heavy atom. The molecule has 0 saturated carbocycles. The summed E-state index contributed by atoms with van der Waals surface area (Å²) in [6.45, 7) is 2.47. The Bertz CT molecular complexity index is 722. The smallest absolute Gasteiger partial charge is 0.339 e. The van der Waals surface area contributed by atoms with Crippen molar-refractivity contribution in [1.29, 1.82) is 0 Å². The number of unbranched alkanes of at least 4 members (excludes halogenated alkanes) is 3. The summed E-state index contributed by atoms with van der Waals surface area (Å²) >= 11 is 0. The average Bonchev–Trinajstić information content (AvgIpc) is 2.54. The zero-order valence-corrected chi connectivity index (χ0v) is 13.1. The second kappa shape index (κ2) is 8.33. The number of aryl methyl sites for hydroxylation is 1. The highest BCUT2D eigenvalue weighted by Crippen LogP contribution is 2.25. The van der Waals surface area contributed by atoms with E-state index in [9.17, 15) is 9.59 Å². The van der Waals surface area contributed by atoms with Crippen molar-refractivity contribution < 1.29 is 19.2 Å². The van der Waals surface area contributed by atoms with Crippen molar-refractivity contribution in [2.75, 3.05) is 6.61 Å². The van der Waals surface area contributed by atoms with Crippen molar-refractivity contribution in [3.8, 4) is 5.75 Å². The van der Waals surface area contributed by atoms with Crippen LogP contribution in [0.2, 0.25) is 0 Å². The van der Waals surface area contributed by atoms with Gasteiger partial charge in [-0.05, 0) is 31.9 Å². The summed E-state index contributed by atoms with van der Waals surface area (Å²) < 4.78 is 10.9. The quantitative estimate of drug-likeness (QED) is 0.338. The monoisotopic (exact) mass is 319 g/mol. The number of nitrogens with one attached hydrogen (secondary N) is 1. The van der Waals surface area contributed by atoms with Gasteiger partial charge in [-0.15, -0.1) is 0 Å². The number of hydrogen-bond donors (Lipinski definition) is 2. The van der Waals surface area contributed by atoms with E-state index in [0.717, 1.165) is 36.6 Å². The molecule has 2 N–H and O–H groups in total. The van der Waals surface area contributed by atoms with Crippen molar-refractivity contribution in [2.45, 2.75) is 39.0 Å². The Morgan fingerprint density at radius 1 is 1.22 bits per heavy atom. The van der Waals surface area contributed by atoms with Crippen LogP contribution in [0.5, 0.6) is 5.75 Å². The molecule has 2 rings (SSSR count). The lowest BCUT2D eigenvalue weighted by atomic mass is 10.1. The van der Waals surface area contributed by atoms with Gasteiger partial charge in [-0.1, -0.05) is 24.5 Å². The number of rotatable bonds is 8. The van der Waals surface area contributed by atoms with Gasteiger partial charge in [0.05, 0.1) is 18.1 Å². The van der Waals surface area contributed by atoms with Gasteiger partial charge < -0.3 is 9.15 Å². The zero-order valence-electron chi connectivity index (χ0n) is 13.1. The maximum Gasteiger partial charge on any atom is 0.339 e. The predicted molar refractivity (Wildman–Crippen MR) is 85.7 cm³/mol. The van der Waals surface area contributed by atoms with Crippen molar-refractivity contribution in [3.05, 3.63) is 40.2 Å². The first-order chi connectivity index (χ1) is 11.1. The van der Waals surface area contributed by atoms with E-state index >= 15 is 0 Å². The highest BCUT2D eigenvalue weighted by atomic mass is 16.5. The van der Waals surface area contributed by atoms with Gasteiger partial charge in [0.2, 0.25) is 5.91 Å². The van der Waals surface area contributed by atoms with Crippen molar-refractivity contribution in [1.82, 2.24) is 5.48 Å². The van der Waals surface area contributed by atoms with Gasteiger partial charge in [0.1, 0.15) is 11.3 Å². The number of amides is 1. The lowest BCUT2D eigenvalue weighted by Gasteiger charge is -2.09. The Labute approximate surface area is 134 Å². The highest BCUT2D eigenvalue weighted by Gasteiger charge is 2.07. The minimum absolute atomic E-state index is 0.320. The molecule has 1 aromatic heterocycles. The predicted octanol–water partition coefficient (Wildman–Crippen LogP) is 2.94. The van der Waals surface area contributed by atoms with E-state index < -0.39 is 5.63 Å². The molecule has 0 aliphatic carbocycles. The van der Waals surface area contributed by atoms with Crippen LogP contribution in [0.4, 0.5) is 0 Å². The van der Waals surface area contributed by atoms with Crippen LogP contribution >= 0.6 is 0 Å². The van der Waals surface area contributed by atoms with Gasteiger partial charge >= 0.3 is 5.63 Å². The molecule has 1 amide bonds. The van der Waals surface area contributed by atoms with Gasteiger partial charge in [0.25, 0.3) is 0 Å². The molecule has 1 aromatic carbocycles. The maximum absolute atomic E-state index is 11.6. The third-order valence-electron chi connectivity index (χ3n) is 3.54. The van der Waals surface area contributed by atoms with E-state index in [1.807, 2.05) is 19.1 Å². The SMILES string of the molecule is Cc1ccc2oc(=O)cc(OCCCCCCC(=O)NO)c2c1. The van der Waals surface area contributed by atoms with Crippen LogP contribution in [-0.4, -0.2) is 17.7 Å². The van der Waals surface area contributed by atoms with Crippen molar-refractivity contribution >= 4 is 16.9 Å². The number of hydrogen-bond acceptors (Lipinski definition) is 5. The van der Waals surface area contributed by atoms with E-state index in [0.29, 0.717) is 24.4 Å². The third-order valence-corrected chi connectivity index (χ3v) is 3.54. The lowest BCUT2D eigenvalue weighted by Crippen LogP contribution is -2.17. The second-order valence-electron chi connectivity index (χ2n) is 5.48. The topological polar surface area (TPSA) is 88.8 Å². The van der Waals surface area contributed by atoms with E-state index in [1.54, 1.807) is 11.5 Å². The third kappa shape index (κ3) is 5.10. The Balaban J connectivity index is 1.84. The summed E-state index contributed by atoms with van der Waals surface area (Å²) in [4.78, 5) is 22.4. The van der Waals surface area contributed by atoms with E-state index in [-0.39, 0.29) is 5.91 Å². The molecule has 0 bridgehead atoms. The molecule has 0 radical (unpaired) electrons. The normalized spacial score (nSPS) is 10.7. The molecular formula is C17H21NO5. The van der Waals surface area contributed by atoms with Crippen molar-refractivity contribution in [3.63, 3.8) is 0 Å². The number of carbonyl (C=O) groups excluding carboxylic acids is 1. The zero-order chi connectivity index (χ0) is 16.7. The van der Waals surface area contributed by atoms with Gasteiger partial charge in [-0.3, -0.25) is 10.0 Å². The second-order valence-corrected chi connectivity index (χ2v) is 5.48. The van der Waals surface area contributed by atoms with Crippen LogP contribution in [0.3, 0.4) is 0 Å². The minimum atomic E-state index is -0.425. The molecule has 0 saturated heterocycles. The summed E-state index contributed by atoms with van der Waals surface area (Å²) in [7, 11) is 0. The molecule has 1 heterocycles. The molecule has 0 unspecified atom stereocenters. The fourth-order valence-electron chi connectivity index (χ4n) is 2.35. The Kier molecular flexibility index (Phi) is 6.17. The molecule has 0 aliphatic heterocycles. The standard InChI is InChI=1S/C17H21NO5/c1-12-7-8-14-13(10-12)15(11-17(20)23-14)22-9-5-3-2-4-6-16(19)18-21/h7-8,10-11,21H,2-6,9H2,1H3,(H,18,19). The van der Waals surface area contributed by atoms with Crippen LogP contribution in [0.25, 0.3) is 11.0 Å². The summed E-state index contributed by atoms with van der Waals surface area (Å²) in [6, 6.07) is 6.96. The first-order valence-electron chi connectivity index (χ1n) is 7.70. The largest absolute Gasteiger partial charge is 0.493 e. The fraction of sp³-hybridized carbons (Fsp3) is 0.412. The lowest BCUT2D eigenvalue weighted by molar-refractivity contribution is -0.129. The minimum Gasteiger partial charge on any atom is -0.493 e. The number of hydroxylamine groups is 1. The first-order valence-corrected chi connectivity index (χ1v) is 7.70. The summed E-state index contributed by atoms with van der Waals surface area (Å²) in [5.41, 5.74) is 2.78. The summed E-state index contributed by atoms with van der Waals surface area (Å²) in [5.74, 6) is 0.179. The number of ether oxygens (including phenoxy) is 1. The average molecular weight is 319 g/mol. The van der Waals surface area contributed by atoms with Crippen LogP contribution in [-0.2, 0) is 4.79 Å². The van der Waals surface area contributed by atoms with Crippen LogP contribution in [0, 0.1) is 6.92 Å². The molecular weight excluding hydrogens is 298 g/mol. The molecule has 0 atom stereocenters. The number of carbonyl (C=O) groups is 1. The molecule has 0 fully saturated rings. The van der Waals surface area contributed by atoms with Gasteiger partial charge in [-0.2, -0.15) is 0 Å². The van der Waals surface area contributed by atoms with Gasteiger partial charge in [0, 0.05) is 6.42 Å². The van der Waals surface area contributed by atoms with E-state index in [1.165, 1.54) is 6.07 Å². The molecule has 23 heavy (non-hydrogen) atoms. The number of benzene rings is 1. The highest BCUT2D eigenvalue weighted by molar-refractivity contribution is 5.83. The summed E-state index contributed by atoms with van der Waals surface area (Å²) in [5, 5.41) is 9.17. The Morgan fingerprint density at radius 2 is 2.00 bits per heavy atom. The molecule has 0 spiro atoms. The molecule has 2 aromatic rings. The van der Waals surface area contributed by atoms with Crippen LogP contribution in [0.15, 0.2) is 33.5 Å². The number of fused-ring (bicyclic) bond motifs is 1. The summed E-state index contributed by atoms with van der Waals surface area (Å²) in [6.07, 6.45) is 3.67. The van der Waals surface area contributed by atoms with Gasteiger partial charge in [0.15, 0.2) is 0 Å². The molecule has 6 nitrogen and oxygen atoms in total. The first kappa shape index (κ1) is 17.0. The van der Waals surface area contributed by atoms with E-state index in [4.69, 9.17) is 14.4 Å². The van der Waals surface area contributed by atoms with Crippen LogP contribution < -0.4 is 15.8 Å². The van der Waals surface area contributed by atoms with Crippen molar-refractivity contribution in [2.24, 2.45) is 0 Å².